The lowest BCUT2D eigenvalue weighted by Crippen LogP contribution is -2.38. The van der Waals surface area contributed by atoms with Crippen LogP contribution >= 0.6 is 24.0 Å². The van der Waals surface area contributed by atoms with Crippen LogP contribution in [0.15, 0.2) is 42.0 Å². The number of nitrogens with one attached hydrogen (secondary N) is 2. The van der Waals surface area contributed by atoms with Gasteiger partial charge in [0.05, 0.1) is 6.54 Å². The highest BCUT2D eigenvalue weighted by molar-refractivity contribution is 14.0. The van der Waals surface area contributed by atoms with Crippen molar-refractivity contribution in [1.82, 2.24) is 25.2 Å². The van der Waals surface area contributed by atoms with Gasteiger partial charge in [0.2, 0.25) is 0 Å². The molecule has 2 heterocycles. The number of imidazole rings is 1. The lowest BCUT2D eigenvalue weighted by molar-refractivity contribution is 0.809. The van der Waals surface area contributed by atoms with E-state index in [0.29, 0.717) is 12.6 Å². The Morgan fingerprint density at radius 2 is 2.27 bits per heavy atom. The number of pyridine rings is 1. The number of hydrogen-bond acceptors (Lipinski definition) is 3. The van der Waals surface area contributed by atoms with Crippen LogP contribution in [-0.2, 0) is 6.54 Å². The van der Waals surface area contributed by atoms with E-state index in [1.54, 1.807) is 18.7 Å². The van der Waals surface area contributed by atoms with E-state index in [1.165, 1.54) is 12.8 Å². The lowest BCUT2D eigenvalue weighted by atomic mass is 10.2. The van der Waals surface area contributed by atoms with Gasteiger partial charge < -0.3 is 10.6 Å². The molecule has 118 valence electrons. The van der Waals surface area contributed by atoms with Crippen molar-refractivity contribution in [1.29, 1.82) is 0 Å². The molecule has 0 spiro atoms. The molecule has 7 heteroatoms. The molecule has 0 aliphatic heterocycles. The minimum atomic E-state index is 0. The van der Waals surface area contributed by atoms with E-state index in [2.05, 4.69) is 32.5 Å². The van der Waals surface area contributed by atoms with E-state index in [0.717, 1.165) is 23.9 Å². The van der Waals surface area contributed by atoms with Gasteiger partial charge in [-0.05, 0) is 25.8 Å². The molecule has 2 N–H and O–H groups in total. The number of hydrogen-bond donors (Lipinski definition) is 2. The first-order valence-electron chi connectivity index (χ1n) is 7.34. The lowest BCUT2D eigenvalue weighted by Gasteiger charge is -2.11. The monoisotopic (exact) mass is 412 g/mol. The fourth-order valence-corrected chi connectivity index (χ4v) is 2.08. The Balaban J connectivity index is 0.00000176. The molecule has 1 saturated carbocycles. The Kier molecular flexibility index (Phi) is 6.17. The van der Waals surface area contributed by atoms with E-state index < -0.39 is 0 Å². The minimum absolute atomic E-state index is 0. The van der Waals surface area contributed by atoms with Crippen LogP contribution in [0.4, 0.5) is 0 Å². The van der Waals surface area contributed by atoms with Gasteiger partial charge in [0.1, 0.15) is 12.1 Å². The first-order valence-corrected chi connectivity index (χ1v) is 7.34. The second-order valence-electron chi connectivity index (χ2n) is 5.07. The van der Waals surface area contributed by atoms with Gasteiger partial charge in [-0.2, -0.15) is 0 Å². The van der Waals surface area contributed by atoms with E-state index in [-0.39, 0.29) is 24.0 Å². The molecule has 0 aromatic carbocycles. The molecule has 0 radical (unpaired) electrons. The highest BCUT2D eigenvalue weighted by Gasteiger charge is 2.22. The second-order valence-corrected chi connectivity index (χ2v) is 5.07. The predicted molar refractivity (Wildman–Crippen MR) is 97.7 cm³/mol. The average Bonchev–Trinajstić information content (AvgIpc) is 3.15. The SMILES string of the molecule is CCNC(=NCc1cccnc1-n1ccnc1)NC1CC1.I. The summed E-state index contributed by atoms with van der Waals surface area (Å²) in [6.07, 6.45) is 9.65. The smallest absolute Gasteiger partial charge is 0.191 e. The molecular weight excluding hydrogens is 391 g/mol. The molecule has 1 aliphatic rings. The molecule has 2 aromatic heterocycles. The summed E-state index contributed by atoms with van der Waals surface area (Å²) < 4.78 is 1.91. The Morgan fingerprint density at radius 1 is 1.41 bits per heavy atom. The molecule has 0 saturated heterocycles. The Bertz CT molecular complexity index is 606. The average molecular weight is 412 g/mol. The summed E-state index contributed by atoms with van der Waals surface area (Å²) in [7, 11) is 0. The van der Waals surface area contributed by atoms with Crippen LogP contribution in [0.3, 0.4) is 0 Å². The van der Waals surface area contributed by atoms with Crippen molar-refractivity contribution in [3.63, 3.8) is 0 Å². The third-order valence-electron chi connectivity index (χ3n) is 3.29. The predicted octanol–water partition coefficient (Wildman–Crippen LogP) is 2.10. The first-order chi connectivity index (χ1) is 10.4. The number of nitrogens with zero attached hydrogens (tertiary/aromatic N) is 4. The van der Waals surface area contributed by atoms with Gasteiger partial charge >= 0.3 is 0 Å². The molecule has 0 atom stereocenters. The number of aliphatic imine (C=N–C) groups is 1. The summed E-state index contributed by atoms with van der Waals surface area (Å²) in [5.74, 6) is 1.75. The van der Waals surface area contributed by atoms with Gasteiger partial charge in [-0.15, -0.1) is 24.0 Å². The van der Waals surface area contributed by atoms with Gasteiger partial charge in [-0.3, -0.25) is 4.57 Å². The van der Waals surface area contributed by atoms with E-state index in [4.69, 9.17) is 0 Å². The highest BCUT2D eigenvalue weighted by Crippen LogP contribution is 2.18. The highest BCUT2D eigenvalue weighted by atomic mass is 127. The fraction of sp³-hybridized carbons (Fsp3) is 0.400. The summed E-state index contributed by atoms with van der Waals surface area (Å²) >= 11 is 0. The summed E-state index contributed by atoms with van der Waals surface area (Å²) in [5.41, 5.74) is 1.07. The van der Waals surface area contributed by atoms with Crippen molar-refractivity contribution in [2.45, 2.75) is 32.4 Å². The Hall–Kier alpha value is -1.64. The van der Waals surface area contributed by atoms with Crippen LogP contribution in [0.25, 0.3) is 5.82 Å². The molecule has 2 aromatic rings. The molecule has 1 aliphatic carbocycles. The number of aromatic nitrogens is 3. The Morgan fingerprint density at radius 3 is 2.95 bits per heavy atom. The fourth-order valence-electron chi connectivity index (χ4n) is 2.08. The van der Waals surface area contributed by atoms with Crippen molar-refractivity contribution in [2.75, 3.05) is 6.54 Å². The van der Waals surface area contributed by atoms with Gasteiger partial charge in [0.15, 0.2) is 5.96 Å². The topological polar surface area (TPSA) is 67.1 Å². The molecular formula is C15H21IN6. The standard InChI is InChI=1S/C15H20N6.HI/c1-2-17-15(20-13-5-6-13)19-10-12-4-3-7-18-14(12)21-9-8-16-11-21;/h3-4,7-9,11,13H,2,5-6,10H2,1H3,(H2,17,19,20);1H. The Labute approximate surface area is 147 Å². The van der Waals surface area contributed by atoms with Gasteiger partial charge in [-0.1, -0.05) is 6.07 Å². The molecule has 0 bridgehead atoms. The summed E-state index contributed by atoms with van der Waals surface area (Å²) in [4.78, 5) is 13.2. The van der Waals surface area contributed by atoms with Crippen molar-refractivity contribution >= 4 is 29.9 Å². The maximum Gasteiger partial charge on any atom is 0.191 e. The van der Waals surface area contributed by atoms with Crippen LogP contribution in [0.2, 0.25) is 0 Å². The van der Waals surface area contributed by atoms with Gasteiger partial charge in [-0.25, -0.2) is 15.0 Å². The third kappa shape index (κ3) is 4.43. The van der Waals surface area contributed by atoms with Crippen LogP contribution in [0.5, 0.6) is 0 Å². The molecule has 6 nitrogen and oxygen atoms in total. The largest absolute Gasteiger partial charge is 0.357 e. The van der Waals surface area contributed by atoms with Crippen LogP contribution in [0, 0.1) is 0 Å². The molecule has 1 fully saturated rings. The van der Waals surface area contributed by atoms with Crippen molar-refractivity contribution in [3.8, 4) is 5.82 Å². The molecule has 22 heavy (non-hydrogen) atoms. The maximum absolute atomic E-state index is 4.66. The van der Waals surface area contributed by atoms with Crippen LogP contribution in [-0.4, -0.2) is 33.1 Å². The maximum atomic E-state index is 4.66. The van der Waals surface area contributed by atoms with Crippen molar-refractivity contribution in [3.05, 3.63) is 42.6 Å². The number of guanidine groups is 1. The summed E-state index contributed by atoms with van der Waals surface area (Å²) in [6.45, 7) is 3.52. The quantitative estimate of drug-likeness (QED) is 0.449. The van der Waals surface area contributed by atoms with Gasteiger partial charge in [0, 0.05) is 36.7 Å². The van der Waals surface area contributed by atoms with E-state index in [9.17, 15) is 0 Å². The summed E-state index contributed by atoms with van der Waals surface area (Å²) in [6, 6.07) is 4.57. The normalized spacial score (nSPS) is 14.3. The number of halogens is 1. The van der Waals surface area contributed by atoms with Crippen LogP contribution in [0.1, 0.15) is 25.3 Å². The third-order valence-corrected chi connectivity index (χ3v) is 3.29. The van der Waals surface area contributed by atoms with Crippen molar-refractivity contribution in [2.24, 2.45) is 4.99 Å². The number of rotatable bonds is 5. The molecule has 0 amide bonds. The summed E-state index contributed by atoms with van der Waals surface area (Å²) in [5, 5.41) is 6.69. The van der Waals surface area contributed by atoms with Gasteiger partial charge in [0.25, 0.3) is 0 Å². The van der Waals surface area contributed by atoms with E-state index in [1.807, 2.05) is 22.9 Å². The minimum Gasteiger partial charge on any atom is -0.357 e. The molecule has 0 unspecified atom stereocenters. The zero-order valence-electron chi connectivity index (χ0n) is 12.6. The zero-order chi connectivity index (χ0) is 14.5. The van der Waals surface area contributed by atoms with Crippen LogP contribution < -0.4 is 10.6 Å². The van der Waals surface area contributed by atoms with Crippen molar-refractivity contribution < 1.29 is 0 Å². The first kappa shape index (κ1) is 16.7. The molecule has 3 rings (SSSR count). The second kappa shape index (κ2) is 8.11. The van der Waals surface area contributed by atoms with E-state index >= 15 is 0 Å². The zero-order valence-corrected chi connectivity index (χ0v) is 14.9.